The Labute approximate surface area is 142 Å². The molecule has 2 N–H and O–H groups in total. The van der Waals surface area contributed by atoms with E-state index in [1.165, 1.54) is 42.7 Å². The van der Waals surface area contributed by atoms with Gasteiger partial charge < -0.3 is 14.7 Å². The predicted molar refractivity (Wildman–Crippen MR) is 88.7 cm³/mol. The van der Waals surface area contributed by atoms with Crippen molar-refractivity contribution in [2.75, 3.05) is 0 Å². The van der Waals surface area contributed by atoms with Crippen molar-refractivity contribution in [2.45, 2.75) is 6.61 Å². The molecule has 0 saturated heterocycles. The summed E-state index contributed by atoms with van der Waals surface area (Å²) in [5, 5.41) is 0. The summed E-state index contributed by atoms with van der Waals surface area (Å²) in [7, 11) is -5.08. The lowest BCUT2D eigenvalue weighted by Crippen LogP contribution is -2.01. The first-order valence-corrected chi connectivity index (χ1v) is 8.09. The van der Waals surface area contributed by atoms with Crippen LogP contribution in [-0.4, -0.2) is 21.1 Å². The first-order valence-electron chi connectivity index (χ1n) is 6.78. The zero-order valence-corrected chi connectivity index (χ0v) is 13.5. The number of aliphatic imine (C=N–C) groups is 2. The van der Waals surface area contributed by atoms with Crippen LogP contribution in [0.4, 0.5) is 14.0 Å². The normalized spacial score (nSPS) is 11.9. The van der Waals surface area contributed by atoms with Crippen molar-refractivity contribution < 1.29 is 25.6 Å². The molecule has 0 heterocycles. The molecule has 0 unspecified atom stereocenters. The van der Waals surface area contributed by atoms with Crippen LogP contribution in [-0.2, 0) is 17.1 Å². The van der Waals surface area contributed by atoms with E-state index in [1.807, 2.05) is 0 Å². The van der Waals surface area contributed by atoms with Crippen LogP contribution in [0, 0.1) is 5.82 Å². The van der Waals surface area contributed by atoms with Gasteiger partial charge in [0.2, 0.25) is 0 Å². The maximum absolute atomic E-state index is 14.0. The molecule has 0 aliphatic carbocycles. The lowest BCUT2D eigenvalue weighted by Gasteiger charge is -2.08. The van der Waals surface area contributed by atoms with Crippen molar-refractivity contribution in [1.29, 1.82) is 0 Å². The topological polar surface area (TPSA) is 103 Å². The molecular formula is C15H13F2N3O4S. The third-order valence-corrected chi connectivity index (χ3v) is 3.20. The number of halogens is 2. The molecule has 0 amide bonds. The molecule has 0 bridgehead atoms. The predicted octanol–water partition coefficient (Wildman–Crippen LogP) is 2.64. The molecule has 132 valence electrons. The van der Waals surface area contributed by atoms with E-state index in [9.17, 15) is 16.7 Å². The summed E-state index contributed by atoms with van der Waals surface area (Å²) in [4.78, 5) is 7.44. The standard InChI is InChI=1S/C15H13F2N3O4S/c16-15-7-12(20-10-19-9-18)2-1-11(15)8-23-13-3-5-14(6-4-13)24-25(17,21)22/h1-7,9-10H,8H2,(H2,18,19,20). The Bertz CT molecular complexity index is 884. The van der Waals surface area contributed by atoms with Gasteiger partial charge in [-0.1, -0.05) is 9.95 Å². The minimum atomic E-state index is -5.08. The van der Waals surface area contributed by atoms with Gasteiger partial charge in [0, 0.05) is 5.56 Å². The van der Waals surface area contributed by atoms with Crippen LogP contribution in [0.5, 0.6) is 11.5 Å². The third kappa shape index (κ3) is 6.18. The fourth-order valence-corrected chi connectivity index (χ4v) is 2.08. The third-order valence-electron chi connectivity index (χ3n) is 2.81. The SMILES string of the molecule is NC=NC=Nc1ccc(COc2ccc(OS(=O)(=O)F)cc2)c(F)c1. The maximum atomic E-state index is 14.0. The van der Waals surface area contributed by atoms with Gasteiger partial charge in [-0.05, 0) is 36.4 Å². The highest BCUT2D eigenvalue weighted by Gasteiger charge is 2.09. The average molecular weight is 369 g/mol. The van der Waals surface area contributed by atoms with Gasteiger partial charge in [-0.3, -0.25) is 0 Å². The highest BCUT2D eigenvalue weighted by atomic mass is 32.3. The number of hydrogen-bond acceptors (Lipinski definition) is 5. The zero-order valence-electron chi connectivity index (χ0n) is 12.7. The van der Waals surface area contributed by atoms with Crippen molar-refractivity contribution in [3.05, 3.63) is 53.8 Å². The van der Waals surface area contributed by atoms with Crippen molar-refractivity contribution in [3.8, 4) is 11.5 Å². The van der Waals surface area contributed by atoms with E-state index in [2.05, 4.69) is 14.2 Å². The molecular weight excluding hydrogens is 356 g/mol. The summed E-state index contributed by atoms with van der Waals surface area (Å²) in [5.41, 5.74) is 5.70. The van der Waals surface area contributed by atoms with Crippen LogP contribution < -0.4 is 14.7 Å². The second-order valence-electron chi connectivity index (χ2n) is 4.55. The highest BCUT2D eigenvalue weighted by Crippen LogP contribution is 2.22. The molecule has 0 spiro atoms. The molecule has 2 rings (SSSR count). The van der Waals surface area contributed by atoms with Gasteiger partial charge in [0.15, 0.2) is 0 Å². The number of nitrogens with two attached hydrogens (primary N) is 1. The molecule has 25 heavy (non-hydrogen) atoms. The largest absolute Gasteiger partial charge is 0.489 e. The van der Waals surface area contributed by atoms with Crippen LogP contribution in [0.3, 0.4) is 0 Å². The van der Waals surface area contributed by atoms with E-state index in [0.29, 0.717) is 11.4 Å². The van der Waals surface area contributed by atoms with Crippen molar-refractivity contribution in [1.82, 2.24) is 0 Å². The summed E-state index contributed by atoms with van der Waals surface area (Å²) >= 11 is 0. The Morgan fingerprint density at radius 3 is 2.40 bits per heavy atom. The number of rotatable bonds is 7. The molecule has 0 radical (unpaired) electrons. The van der Waals surface area contributed by atoms with Crippen molar-refractivity contribution >= 4 is 28.9 Å². The van der Waals surface area contributed by atoms with E-state index in [1.54, 1.807) is 6.07 Å². The molecule has 10 heteroatoms. The Morgan fingerprint density at radius 2 is 1.80 bits per heavy atom. The molecule has 0 atom stereocenters. The van der Waals surface area contributed by atoms with Crippen LogP contribution >= 0.6 is 0 Å². The maximum Gasteiger partial charge on any atom is 0.488 e. The van der Waals surface area contributed by atoms with Gasteiger partial charge >= 0.3 is 10.5 Å². The molecule has 0 aromatic heterocycles. The van der Waals surface area contributed by atoms with Crippen LogP contribution in [0.25, 0.3) is 0 Å². The summed E-state index contributed by atoms with van der Waals surface area (Å²) in [6, 6.07) is 9.43. The molecule has 2 aromatic carbocycles. The molecule has 0 fully saturated rings. The Morgan fingerprint density at radius 1 is 1.12 bits per heavy atom. The Kier molecular flexibility index (Phi) is 6.01. The summed E-state index contributed by atoms with van der Waals surface area (Å²) in [6.45, 7) is -0.0710. The molecule has 2 aromatic rings. The van der Waals surface area contributed by atoms with Crippen LogP contribution in [0.1, 0.15) is 5.56 Å². The first kappa shape index (κ1) is 18.3. The minimum absolute atomic E-state index is 0.0710. The Balaban J connectivity index is 1.99. The van der Waals surface area contributed by atoms with Gasteiger partial charge in [-0.15, -0.1) is 0 Å². The number of ether oxygens (including phenoxy) is 1. The molecule has 7 nitrogen and oxygen atoms in total. The van der Waals surface area contributed by atoms with E-state index < -0.39 is 16.3 Å². The fraction of sp³-hybridized carbons (Fsp3) is 0.0667. The summed E-state index contributed by atoms with van der Waals surface area (Å²) in [5.74, 6) is -0.402. The average Bonchev–Trinajstić information content (AvgIpc) is 2.54. The number of benzene rings is 2. The van der Waals surface area contributed by atoms with Gasteiger partial charge in [0.1, 0.15) is 30.3 Å². The summed E-state index contributed by atoms with van der Waals surface area (Å²) in [6.07, 6.45) is 2.24. The van der Waals surface area contributed by atoms with Crippen LogP contribution in [0.15, 0.2) is 52.4 Å². The van der Waals surface area contributed by atoms with Crippen molar-refractivity contribution in [3.63, 3.8) is 0 Å². The molecule has 0 aliphatic rings. The number of nitrogens with zero attached hydrogens (tertiary/aromatic N) is 2. The quantitative estimate of drug-likeness (QED) is 0.459. The van der Waals surface area contributed by atoms with Gasteiger partial charge in [0.05, 0.1) is 12.0 Å². The van der Waals surface area contributed by atoms with Gasteiger partial charge in [-0.2, -0.15) is 8.42 Å². The van der Waals surface area contributed by atoms with Gasteiger partial charge in [-0.25, -0.2) is 14.4 Å². The van der Waals surface area contributed by atoms with E-state index in [-0.39, 0.29) is 17.9 Å². The minimum Gasteiger partial charge on any atom is -0.489 e. The zero-order chi connectivity index (χ0) is 18.3. The van der Waals surface area contributed by atoms with Gasteiger partial charge in [0.25, 0.3) is 0 Å². The highest BCUT2D eigenvalue weighted by molar-refractivity contribution is 7.81. The smallest absolute Gasteiger partial charge is 0.488 e. The van der Waals surface area contributed by atoms with E-state index >= 15 is 0 Å². The fourth-order valence-electron chi connectivity index (χ4n) is 1.74. The molecule has 0 saturated carbocycles. The van der Waals surface area contributed by atoms with E-state index in [0.717, 1.165) is 6.34 Å². The second-order valence-corrected chi connectivity index (χ2v) is 5.51. The lowest BCUT2D eigenvalue weighted by molar-refractivity contribution is 0.299. The molecule has 0 aliphatic heterocycles. The Hall–Kier alpha value is -3.01. The second kappa shape index (κ2) is 8.20. The number of hydrogen-bond donors (Lipinski definition) is 1. The van der Waals surface area contributed by atoms with Crippen LogP contribution in [0.2, 0.25) is 0 Å². The summed E-state index contributed by atoms with van der Waals surface area (Å²) < 4.78 is 56.5. The lowest BCUT2D eigenvalue weighted by atomic mass is 10.2. The van der Waals surface area contributed by atoms with E-state index in [4.69, 9.17) is 10.5 Å². The first-order chi connectivity index (χ1) is 11.9. The van der Waals surface area contributed by atoms with Crippen molar-refractivity contribution in [2.24, 2.45) is 15.7 Å². The monoisotopic (exact) mass is 369 g/mol.